The van der Waals surface area contributed by atoms with Gasteiger partial charge in [0.15, 0.2) is 0 Å². The first-order valence-electron chi connectivity index (χ1n) is 9.57. The molecule has 2 fully saturated rings. The minimum absolute atomic E-state index is 0.138. The van der Waals surface area contributed by atoms with Gasteiger partial charge >= 0.3 is 0 Å². The number of carbonyl (C=O) groups excluding carboxylic acids is 1. The fourth-order valence-corrected chi connectivity index (χ4v) is 4.00. The van der Waals surface area contributed by atoms with Crippen LogP contribution in [-0.2, 0) is 11.3 Å². The third kappa shape index (κ3) is 4.37. The first kappa shape index (κ1) is 17.4. The van der Waals surface area contributed by atoms with Crippen LogP contribution in [0.15, 0.2) is 30.3 Å². The Morgan fingerprint density at radius 2 is 1.79 bits per heavy atom. The Hall–Kier alpha value is -1.39. The van der Waals surface area contributed by atoms with E-state index >= 15 is 0 Å². The summed E-state index contributed by atoms with van der Waals surface area (Å²) in [5.41, 5.74) is 1.36. The van der Waals surface area contributed by atoms with Crippen molar-refractivity contribution < 1.29 is 4.79 Å². The van der Waals surface area contributed by atoms with Crippen molar-refractivity contribution in [3.63, 3.8) is 0 Å². The molecule has 1 amide bonds. The standard InChI is InChI=1S/C20H31N3O/c1-2-11-22-12-7-6-10-19(22)20(24)23-15-13-21(14-16-23)17-18-8-4-3-5-9-18/h3-5,8-9,19H,2,6-7,10-17H2,1H3/t19-/m0/s1. The van der Waals surface area contributed by atoms with Crippen molar-refractivity contribution in [1.82, 2.24) is 14.7 Å². The van der Waals surface area contributed by atoms with Crippen LogP contribution in [0.3, 0.4) is 0 Å². The van der Waals surface area contributed by atoms with Gasteiger partial charge in [0.2, 0.25) is 5.91 Å². The number of benzene rings is 1. The van der Waals surface area contributed by atoms with Crippen molar-refractivity contribution >= 4 is 5.91 Å². The van der Waals surface area contributed by atoms with Crippen molar-refractivity contribution in [2.24, 2.45) is 0 Å². The molecule has 1 aromatic rings. The van der Waals surface area contributed by atoms with Gasteiger partial charge in [-0.2, -0.15) is 0 Å². The number of rotatable bonds is 5. The highest BCUT2D eigenvalue weighted by molar-refractivity contribution is 5.82. The summed E-state index contributed by atoms with van der Waals surface area (Å²) in [5.74, 6) is 0.377. The lowest BCUT2D eigenvalue weighted by Crippen LogP contribution is -2.56. The summed E-state index contributed by atoms with van der Waals surface area (Å²) in [7, 11) is 0. The second kappa shape index (κ2) is 8.63. The normalized spacial score (nSPS) is 23.4. The summed E-state index contributed by atoms with van der Waals surface area (Å²) in [6.45, 7) is 9.09. The van der Waals surface area contributed by atoms with Gasteiger partial charge in [0, 0.05) is 32.7 Å². The lowest BCUT2D eigenvalue weighted by atomic mass is 10.00. The van der Waals surface area contributed by atoms with Gasteiger partial charge in [-0.15, -0.1) is 0 Å². The summed E-state index contributed by atoms with van der Waals surface area (Å²) in [5, 5.41) is 0. The van der Waals surface area contributed by atoms with Crippen LogP contribution in [0, 0.1) is 0 Å². The maximum Gasteiger partial charge on any atom is 0.240 e. The average molecular weight is 329 g/mol. The summed E-state index contributed by atoms with van der Waals surface area (Å²) >= 11 is 0. The molecule has 132 valence electrons. The molecule has 0 spiro atoms. The summed E-state index contributed by atoms with van der Waals surface area (Å²) in [6, 6.07) is 10.8. The number of piperidine rings is 1. The van der Waals surface area contributed by atoms with Gasteiger partial charge in [-0.1, -0.05) is 43.7 Å². The molecule has 0 aliphatic carbocycles. The molecule has 4 heteroatoms. The molecular formula is C20H31N3O. The van der Waals surface area contributed by atoms with Gasteiger partial charge < -0.3 is 4.90 Å². The number of amides is 1. The molecule has 0 saturated carbocycles. The Labute approximate surface area is 146 Å². The van der Waals surface area contributed by atoms with Gasteiger partial charge in [0.1, 0.15) is 0 Å². The van der Waals surface area contributed by atoms with Crippen molar-refractivity contribution in [3.05, 3.63) is 35.9 Å². The number of hydrogen-bond donors (Lipinski definition) is 0. The van der Waals surface area contributed by atoms with E-state index in [1.807, 2.05) is 0 Å². The largest absolute Gasteiger partial charge is 0.339 e. The van der Waals surface area contributed by atoms with Crippen LogP contribution in [0.5, 0.6) is 0 Å². The smallest absolute Gasteiger partial charge is 0.240 e. The topological polar surface area (TPSA) is 26.8 Å². The molecule has 3 rings (SSSR count). The van der Waals surface area contributed by atoms with Crippen LogP contribution in [-0.4, -0.2) is 65.9 Å². The van der Waals surface area contributed by atoms with Gasteiger partial charge in [-0.25, -0.2) is 0 Å². The van der Waals surface area contributed by atoms with E-state index in [-0.39, 0.29) is 6.04 Å². The average Bonchev–Trinajstić information content (AvgIpc) is 2.63. The monoisotopic (exact) mass is 329 g/mol. The van der Waals surface area contributed by atoms with Crippen LogP contribution < -0.4 is 0 Å². The van der Waals surface area contributed by atoms with Crippen LogP contribution >= 0.6 is 0 Å². The highest BCUT2D eigenvalue weighted by atomic mass is 16.2. The van der Waals surface area contributed by atoms with Crippen molar-refractivity contribution in [2.45, 2.75) is 45.2 Å². The molecule has 2 aliphatic heterocycles. The molecule has 4 nitrogen and oxygen atoms in total. The zero-order valence-corrected chi connectivity index (χ0v) is 15.0. The van der Waals surface area contributed by atoms with Gasteiger partial charge in [0.25, 0.3) is 0 Å². The number of carbonyl (C=O) groups is 1. The number of piperazine rings is 1. The zero-order valence-electron chi connectivity index (χ0n) is 15.0. The third-order valence-corrected chi connectivity index (χ3v) is 5.34. The molecular weight excluding hydrogens is 298 g/mol. The Balaban J connectivity index is 1.51. The summed E-state index contributed by atoms with van der Waals surface area (Å²) in [4.78, 5) is 20.0. The van der Waals surface area contributed by atoms with Crippen LogP contribution in [0.4, 0.5) is 0 Å². The first-order valence-corrected chi connectivity index (χ1v) is 9.57. The Bertz CT molecular complexity index is 509. The SMILES string of the molecule is CCCN1CCCC[C@H]1C(=O)N1CCN(Cc2ccccc2)CC1. The van der Waals surface area contributed by atoms with E-state index < -0.39 is 0 Å². The lowest BCUT2D eigenvalue weighted by Gasteiger charge is -2.40. The number of hydrogen-bond acceptors (Lipinski definition) is 3. The van der Waals surface area contributed by atoms with Crippen LogP contribution in [0.25, 0.3) is 0 Å². The van der Waals surface area contributed by atoms with Gasteiger partial charge in [-0.3, -0.25) is 14.6 Å². The molecule has 2 aliphatic rings. The quantitative estimate of drug-likeness (QED) is 0.831. The minimum Gasteiger partial charge on any atom is -0.339 e. The zero-order chi connectivity index (χ0) is 16.8. The second-order valence-electron chi connectivity index (χ2n) is 7.13. The highest BCUT2D eigenvalue weighted by Crippen LogP contribution is 2.20. The molecule has 0 bridgehead atoms. The second-order valence-corrected chi connectivity index (χ2v) is 7.13. The fraction of sp³-hybridized carbons (Fsp3) is 0.650. The Morgan fingerprint density at radius 3 is 2.50 bits per heavy atom. The Kier molecular flexibility index (Phi) is 6.27. The molecule has 0 aromatic heterocycles. The maximum atomic E-state index is 13.0. The molecule has 1 atom stereocenters. The third-order valence-electron chi connectivity index (χ3n) is 5.34. The predicted octanol–water partition coefficient (Wildman–Crippen LogP) is 2.60. The van der Waals surface area contributed by atoms with Crippen LogP contribution in [0.1, 0.15) is 38.2 Å². The van der Waals surface area contributed by atoms with E-state index in [0.29, 0.717) is 5.91 Å². The van der Waals surface area contributed by atoms with E-state index in [9.17, 15) is 4.79 Å². The highest BCUT2D eigenvalue weighted by Gasteiger charge is 2.32. The van der Waals surface area contributed by atoms with E-state index in [4.69, 9.17) is 0 Å². The van der Waals surface area contributed by atoms with Crippen molar-refractivity contribution in [3.8, 4) is 0 Å². The molecule has 0 radical (unpaired) electrons. The van der Waals surface area contributed by atoms with Crippen molar-refractivity contribution in [2.75, 3.05) is 39.3 Å². The van der Waals surface area contributed by atoms with Crippen molar-refractivity contribution in [1.29, 1.82) is 0 Å². The summed E-state index contributed by atoms with van der Waals surface area (Å²) < 4.78 is 0. The van der Waals surface area contributed by atoms with E-state index in [2.05, 4.69) is 52.0 Å². The van der Waals surface area contributed by atoms with Crippen LogP contribution in [0.2, 0.25) is 0 Å². The maximum absolute atomic E-state index is 13.0. The number of likely N-dealkylation sites (tertiary alicyclic amines) is 1. The molecule has 0 unspecified atom stereocenters. The number of nitrogens with zero attached hydrogens (tertiary/aromatic N) is 3. The molecule has 2 heterocycles. The Morgan fingerprint density at radius 1 is 1.04 bits per heavy atom. The van der Waals surface area contributed by atoms with E-state index in [1.165, 1.54) is 18.4 Å². The molecule has 24 heavy (non-hydrogen) atoms. The van der Waals surface area contributed by atoms with Gasteiger partial charge in [0.05, 0.1) is 6.04 Å². The first-order chi connectivity index (χ1) is 11.8. The minimum atomic E-state index is 0.138. The molecule has 2 saturated heterocycles. The summed E-state index contributed by atoms with van der Waals surface area (Å²) in [6.07, 6.45) is 4.62. The van der Waals surface area contributed by atoms with E-state index in [1.54, 1.807) is 0 Å². The molecule has 0 N–H and O–H groups in total. The van der Waals surface area contributed by atoms with E-state index in [0.717, 1.165) is 58.7 Å². The lowest BCUT2D eigenvalue weighted by molar-refractivity contribution is -0.140. The predicted molar refractivity (Wildman–Crippen MR) is 97.8 cm³/mol. The van der Waals surface area contributed by atoms with Gasteiger partial charge in [-0.05, 0) is 37.9 Å². The molecule has 1 aromatic carbocycles. The fourth-order valence-electron chi connectivity index (χ4n) is 4.00.